The van der Waals surface area contributed by atoms with Crippen molar-refractivity contribution in [1.29, 1.82) is 0 Å². The summed E-state index contributed by atoms with van der Waals surface area (Å²) >= 11 is 0. The van der Waals surface area contributed by atoms with Crippen LogP contribution in [0.25, 0.3) is 11.3 Å². The average Bonchev–Trinajstić information content (AvgIpc) is 3.16. The molecule has 2 heterocycles. The van der Waals surface area contributed by atoms with Crippen LogP contribution in [0.3, 0.4) is 0 Å². The molecule has 1 unspecified atom stereocenters. The highest BCUT2D eigenvalue weighted by atomic mass is 19.1. The quantitative estimate of drug-likeness (QED) is 0.772. The second-order valence-electron chi connectivity index (χ2n) is 5.29. The van der Waals surface area contributed by atoms with Gasteiger partial charge in [-0.1, -0.05) is 12.1 Å². The number of hydrogen-bond acceptors (Lipinski definition) is 3. The molecule has 0 radical (unpaired) electrons. The van der Waals surface area contributed by atoms with Crippen molar-refractivity contribution in [2.24, 2.45) is 0 Å². The van der Waals surface area contributed by atoms with Crippen LogP contribution in [-0.4, -0.2) is 5.91 Å². The summed E-state index contributed by atoms with van der Waals surface area (Å²) in [5.74, 6) is 1.10. The molecule has 1 aromatic carbocycles. The fourth-order valence-electron chi connectivity index (χ4n) is 2.29. The van der Waals surface area contributed by atoms with Crippen LogP contribution in [0, 0.1) is 12.7 Å². The third-order valence-corrected chi connectivity index (χ3v) is 3.50. The monoisotopic (exact) mass is 313 g/mol. The van der Waals surface area contributed by atoms with E-state index in [1.807, 2.05) is 26.0 Å². The Hall–Kier alpha value is -2.82. The van der Waals surface area contributed by atoms with Crippen molar-refractivity contribution in [1.82, 2.24) is 5.32 Å². The number of benzene rings is 1. The molecule has 1 amide bonds. The van der Waals surface area contributed by atoms with E-state index < -0.39 is 5.82 Å². The van der Waals surface area contributed by atoms with E-state index in [4.69, 9.17) is 8.83 Å². The van der Waals surface area contributed by atoms with Crippen molar-refractivity contribution < 1.29 is 18.0 Å². The van der Waals surface area contributed by atoms with Crippen molar-refractivity contribution in [2.45, 2.75) is 19.9 Å². The van der Waals surface area contributed by atoms with Crippen molar-refractivity contribution in [3.63, 3.8) is 0 Å². The van der Waals surface area contributed by atoms with Crippen LogP contribution in [0.5, 0.6) is 0 Å². The molecular weight excluding hydrogens is 297 g/mol. The van der Waals surface area contributed by atoms with E-state index in [0.29, 0.717) is 17.1 Å². The molecule has 0 aliphatic rings. The summed E-state index contributed by atoms with van der Waals surface area (Å²) in [6.07, 6.45) is 0. The Morgan fingerprint density at radius 2 is 1.87 bits per heavy atom. The Morgan fingerprint density at radius 1 is 1.09 bits per heavy atom. The maximum absolute atomic E-state index is 13.7. The molecule has 0 bridgehead atoms. The molecule has 5 heteroatoms. The Morgan fingerprint density at radius 3 is 2.57 bits per heavy atom. The zero-order valence-electron chi connectivity index (χ0n) is 12.8. The lowest BCUT2D eigenvalue weighted by atomic mass is 10.1. The van der Waals surface area contributed by atoms with Gasteiger partial charge < -0.3 is 14.2 Å². The second-order valence-corrected chi connectivity index (χ2v) is 5.29. The predicted octanol–water partition coefficient (Wildman–Crippen LogP) is 4.48. The van der Waals surface area contributed by atoms with E-state index in [9.17, 15) is 9.18 Å². The highest BCUT2D eigenvalue weighted by molar-refractivity contribution is 5.92. The third-order valence-electron chi connectivity index (χ3n) is 3.50. The fourth-order valence-corrected chi connectivity index (χ4v) is 2.29. The number of aryl methyl sites for hydroxylation is 1. The minimum atomic E-state index is -0.395. The van der Waals surface area contributed by atoms with Crippen molar-refractivity contribution in [2.75, 3.05) is 0 Å². The Labute approximate surface area is 132 Å². The molecule has 1 N–H and O–H groups in total. The first-order valence-corrected chi connectivity index (χ1v) is 7.26. The lowest BCUT2D eigenvalue weighted by Gasteiger charge is -2.10. The van der Waals surface area contributed by atoms with Gasteiger partial charge in [-0.05, 0) is 50.2 Å². The maximum atomic E-state index is 13.7. The van der Waals surface area contributed by atoms with Gasteiger partial charge in [0.05, 0.1) is 11.6 Å². The summed E-state index contributed by atoms with van der Waals surface area (Å²) in [6, 6.07) is 12.7. The molecule has 0 spiro atoms. The first kappa shape index (κ1) is 15.1. The van der Waals surface area contributed by atoms with Crippen molar-refractivity contribution in [3.8, 4) is 11.3 Å². The number of rotatable bonds is 4. The summed E-state index contributed by atoms with van der Waals surface area (Å²) in [6.45, 7) is 3.65. The normalized spacial score (nSPS) is 12.1. The molecule has 3 rings (SSSR count). The van der Waals surface area contributed by atoms with Crippen LogP contribution in [0.2, 0.25) is 0 Å². The van der Waals surface area contributed by atoms with E-state index in [0.717, 1.165) is 5.76 Å². The highest BCUT2D eigenvalue weighted by Gasteiger charge is 2.18. The van der Waals surface area contributed by atoms with Crippen LogP contribution in [0.1, 0.15) is 35.0 Å². The number of nitrogens with one attached hydrogen (secondary N) is 1. The number of hydrogen-bond donors (Lipinski definition) is 1. The summed E-state index contributed by atoms with van der Waals surface area (Å²) in [5.41, 5.74) is 0.321. The average molecular weight is 313 g/mol. The molecule has 0 saturated carbocycles. The summed E-state index contributed by atoms with van der Waals surface area (Å²) < 4.78 is 24.7. The van der Waals surface area contributed by atoms with Crippen LogP contribution in [0.15, 0.2) is 57.4 Å². The van der Waals surface area contributed by atoms with Gasteiger partial charge in [-0.3, -0.25) is 4.79 Å². The SMILES string of the molecule is Cc1ccc(C(C)NC(=O)c2ccc(-c3ccccc3F)o2)o1. The van der Waals surface area contributed by atoms with E-state index in [-0.39, 0.29) is 17.7 Å². The Kier molecular flexibility index (Phi) is 4.02. The molecule has 1 atom stereocenters. The zero-order chi connectivity index (χ0) is 16.4. The zero-order valence-corrected chi connectivity index (χ0v) is 12.8. The molecular formula is C18H16FNO3. The Bertz CT molecular complexity index is 834. The molecule has 2 aromatic heterocycles. The van der Waals surface area contributed by atoms with Crippen LogP contribution < -0.4 is 5.32 Å². The Balaban J connectivity index is 1.75. The molecule has 0 fully saturated rings. The summed E-state index contributed by atoms with van der Waals surface area (Å²) in [5, 5.41) is 2.79. The number of halogens is 1. The van der Waals surface area contributed by atoms with Gasteiger partial charge in [0.1, 0.15) is 23.1 Å². The smallest absolute Gasteiger partial charge is 0.287 e. The number of carbonyl (C=O) groups is 1. The van der Waals surface area contributed by atoms with Gasteiger partial charge in [0.15, 0.2) is 5.76 Å². The van der Waals surface area contributed by atoms with E-state index >= 15 is 0 Å². The number of furan rings is 2. The minimum Gasteiger partial charge on any atom is -0.464 e. The lowest BCUT2D eigenvalue weighted by molar-refractivity contribution is 0.0908. The van der Waals surface area contributed by atoms with E-state index in [2.05, 4.69) is 5.32 Å². The van der Waals surface area contributed by atoms with Gasteiger partial charge in [0.2, 0.25) is 0 Å². The van der Waals surface area contributed by atoms with Crippen molar-refractivity contribution in [3.05, 3.63) is 71.6 Å². The third kappa shape index (κ3) is 3.18. The minimum absolute atomic E-state index is 0.124. The molecule has 0 aliphatic carbocycles. The van der Waals surface area contributed by atoms with Gasteiger partial charge in [-0.15, -0.1) is 0 Å². The standard InChI is InChI=1S/C18H16FNO3/c1-11-7-8-15(22-11)12(2)20-18(21)17-10-9-16(23-17)13-5-3-4-6-14(13)19/h3-10,12H,1-2H3,(H,20,21). The number of carbonyl (C=O) groups excluding carboxylic acids is 1. The van der Waals surface area contributed by atoms with Gasteiger partial charge in [0.25, 0.3) is 5.91 Å². The van der Waals surface area contributed by atoms with Gasteiger partial charge >= 0.3 is 0 Å². The van der Waals surface area contributed by atoms with Crippen molar-refractivity contribution >= 4 is 5.91 Å². The fraction of sp³-hybridized carbons (Fsp3) is 0.167. The molecule has 0 saturated heterocycles. The van der Waals surface area contributed by atoms with Gasteiger partial charge in [-0.2, -0.15) is 0 Å². The number of amides is 1. The first-order chi connectivity index (χ1) is 11.0. The topological polar surface area (TPSA) is 55.4 Å². The second kappa shape index (κ2) is 6.12. The molecule has 3 aromatic rings. The van der Waals surface area contributed by atoms with Crippen LogP contribution in [0.4, 0.5) is 4.39 Å². The predicted molar refractivity (Wildman–Crippen MR) is 83.4 cm³/mol. The molecule has 0 aliphatic heterocycles. The van der Waals surface area contributed by atoms with Gasteiger partial charge in [-0.25, -0.2) is 4.39 Å². The summed E-state index contributed by atoms with van der Waals surface area (Å²) in [4.78, 5) is 12.2. The molecule has 23 heavy (non-hydrogen) atoms. The molecule has 118 valence electrons. The summed E-state index contributed by atoms with van der Waals surface area (Å²) in [7, 11) is 0. The van der Waals surface area contributed by atoms with E-state index in [1.54, 1.807) is 24.3 Å². The lowest BCUT2D eigenvalue weighted by Crippen LogP contribution is -2.25. The van der Waals surface area contributed by atoms with Crippen LogP contribution >= 0.6 is 0 Å². The first-order valence-electron chi connectivity index (χ1n) is 7.26. The largest absolute Gasteiger partial charge is 0.464 e. The maximum Gasteiger partial charge on any atom is 0.287 e. The van der Waals surface area contributed by atoms with E-state index in [1.165, 1.54) is 12.1 Å². The van der Waals surface area contributed by atoms with Gasteiger partial charge in [0, 0.05) is 0 Å². The molecule has 4 nitrogen and oxygen atoms in total. The highest BCUT2D eigenvalue weighted by Crippen LogP contribution is 2.25. The van der Waals surface area contributed by atoms with Crippen LogP contribution in [-0.2, 0) is 0 Å².